The van der Waals surface area contributed by atoms with E-state index in [-0.39, 0.29) is 0 Å². The van der Waals surface area contributed by atoms with Crippen LogP contribution < -0.4 is 0 Å². The van der Waals surface area contributed by atoms with Gasteiger partial charge in [0.25, 0.3) is 0 Å². The first-order valence-electron chi connectivity index (χ1n) is 5.12. The Morgan fingerprint density at radius 2 is 1.64 bits per heavy atom. The number of fused-ring (bicyclic) bond motifs is 1. The minimum Gasteiger partial charge on any atom is -0.0683 e. The molecule has 0 nitrogen and oxygen atoms in total. The number of rotatable bonds is 0. The molecule has 0 N–H and O–H groups in total. The molecule has 3 atom stereocenters. The summed E-state index contributed by atoms with van der Waals surface area (Å²) in [5.74, 6) is 3.23. The fourth-order valence-electron chi connectivity index (χ4n) is 2.54. The Morgan fingerprint density at radius 1 is 1.09 bits per heavy atom. The lowest BCUT2D eigenvalue weighted by atomic mass is 9.79. The molecule has 11 heavy (non-hydrogen) atoms. The molecule has 3 unspecified atom stereocenters. The van der Waals surface area contributed by atoms with Crippen molar-refractivity contribution < 1.29 is 0 Å². The third-order valence-corrected chi connectivity index (χ3v) is 3.80. The average molecular weight is 154 g/mol. The summed E-state index contributed by atoms with van der Waals surface area (Å²) in [6, 6.07) is 0. The highest BCUT2D eigenvalue weighted by molar-refractivity contribution is 5.05. The maximum atomic E-state index is 2.44. The molecule has 66 valence electrons. The standard InChI is InChI=1S/C9H16.C2H6/c1-6-4-7-5-8(7)9(6,2)3;1-2/h6-8H,4-5H2,1-3H3;1-2H3. The fourth-order valence-corrected chi connectivity index (χ4v) is 2.54. The molecular formula is C11H22. The van der Waals surface area contributed by atoms with Crippen molar-refractivity contribution in [3.8, 4) is 0 Å². The highest BCUT2D eigenvalue weighted by Crippen LogP contribution is 2.64. The van der Waals surface area contributed by atoms with E-state index in [1.165, 1.54) is 12.8 Å². The van der Waals surface area contributed by atoms with E-state index < -0.39 is 0 Å². The summed E-state index contributed by atoms with van der Waals surface area (Å²) in [5, 5.41) is 0. The monoisotopic (exact) mass is 154 g/mol. The summed E-state index contributed by atoms with van der Waals surface area (Å²) in [4.78, 5) is 0. The average Bonchev–Trinajstić information content (AvgIpc) is 2.67. The van der Waals surface area contributed by atoms with E-state index >= 15 is 0 Å². The second-order valence-corrected chi connectivity index (χ2v) is 4.56. The van der Waals surface area contributed by atoms with Crippen molar-refractivity contribution in [2.24, 2.45) is 23.2 Å². The van der Waals surface area contributed by atoms with Gasteiger partial charge in [-0.2, -0.15) is 0 Å². The molecule has 2 saturated carbocycles. The zero-order valence-electron chi connectivity index (χ0n) is 8.65. The first kappa shape index (κ1) is 9.09. The third kappa shape index (κ3) is 1.32. The summed E-state index contributed by atoms with van der Waals surface area (Å²) in [6.07, 6.45) is 3.05. The molecule has 0 amide bonds. The molecule has 0 aliphatic heterocycles. The first-order chi connectivity index (χ1) is 5.12. The quantitative estimate of drug-likeness (QED) is 0.499. The van der Waals surface area contributed by atoms with Gasteiger partial charge in [-0.3, -0.25) is 0 Å². The number of hydrogen-bond acceptors (Lipinski definition) is 0. The molecule has 0 aromatic carbocycles. The van der Waals surface area contributed by atoms with Gasteiger partial charge in [0.2, 0.25) is 0 Å². The summed E-state index contributed by atoms with van der Waals surface area (Å²) in [6.45, 7) is 11.3. The molecule has 0 heteroatoms. The minimum absolute atomic E-state index is 0.685. The second kappa shape index (κ2) is 2.80. The molecule has 2 aliphatic carbocycles. The fraction of sp³-hybridized carbons (Fsp3) is 1.00. The summed E-state index contributed by atoms with van der Waals surface area (Å²) in [7, 11) is 0. The SMILES string of the molecule is CC.CC1CC2CC2C1(C)C. The maximum Gasteiger partial charge on any atom is -0.0297 e. The lowest BCUT2D eigenvalue weighted by molar-refractivity contribution is 0.231. The van der Waals surface area contributed by atoms with Crippen LogP contribution >= 0.6 is 0 Å². The smallest absolute Gasteiger partial charge is 0.0297 e. The molecule has 2 rings (SSSR count). The third-order valence-electron chi connectivity index (χ3n) is 3.80. The predicted molar refractivity (Wildman–Crippen MR) is 50.5 cm³/mol. The molecule has 0 radical (unpaired) electrons. The molecule has 0 heterocycles. The van der Waals surface area contributed by atoms with E-state index in [2.05, 4.69) is 20.8 Å². The van der Waals surface area contributed by atoms with Crippen LogP contribution in [0.25, 0.3) is 0 Å². The van der Waals surface area contributed by atoms with Crippen molar-refractivity contribution in [3.05, 3.63) is 0 Å². The van der Waals surface area contributed by atoms with Crippen molar-refractivity contribution in [3.63, 3.8) is 0 Å². The molecular weight excluding hydrogens is 132 g/mol. The Bertz CT molecular complexity index is 131. The van der Waals surface area contributed by atoms with Gasteiger partial charge in [-0.25, -0.2) is 0 Å². The van der Waals surface area contributed by atoms with Crippen molar-refractivity contribution in [2.45, 2.75) is 47.5 Å². The van der Waals surface area contributed by atoms with Crippen LogP contribution in [0.2, 0.25) is 0 Å². The van der Waals surface area contributed by atoms with Gasteiger partial charge in [0, 0.05) is 0 Å². The van der Waals surface area contributed by atoms with E-state index in [0.29, 0.717) is 5.41 Å². The summed E-state index contributed by atoms with van der Waals surface area (Å²) >= 11 is 0. The van der Waals surface area contributed by atoms with Gasteiger partial charge >= 0.3 is 0 Å². The van der Waals surface area contributed by atoms with E-state index in [9.17, 15) is 0 Å². The van der Waals surface area contributed by atoms with Crippen molar-refractivity contribution in [1.29, 1.82) is 0 Å². The van der Waals surface area contributed by atoms with Gasteiger partial charge < -0.3 is 0 Å². The lowest BCUT2D eigenvalue weighted by Gasteiger charge is -2.26. The Hall–Kier alpha value is 0. The highest BCUT2D eigenvalue weighted by atomic mass is 14.6. The van der Waals surface area contributed by atoms with Gasteiger partial charge in [-0.15, -0.1) is 0 Å². The van der Waals surface area contributed by atoms with Crippen LogP contribution in [0.3, 0.4) is 0 Å². The van der Waals surface area contributed by atoms with Crippen LogP contribution in [-0.2, 0) is 0 Å². The van der Waals surface area contributed by atoms with Crippen LogP contribution in [0.15, 0.2) is 0 Å². The van der Waals surface area contributed by atoms with Crippen LogP contribution in [0.5, 0.6) is 0 Å². The van der Waals surface area contributed by atoms with E-state index in [4.69, 9.17) is 0 Å². The first-order valence-corrected chi connectivity index (χ1v) is 5.12. The van der Waals surface area contributed by atoms with Gasteiger partial charge in [-0.1, -0.05) is 34.6 Å². The summed E-state index contributed by atoms with van der Waals surface area (Å²) < 4.78 is 0. The van der Waals surface area contributed by atoms with Crippen molar-refractivity contribution in [1.82, 2.24) is 0 Å². The zero-order chi connectivity index (χ0) is 8.65. The molecule has 0 aromatic rings. The predicted octanol–water partition coefficient (Wildman–Crippen LogP) is 3.71. The van der Waals surface area contributed by atoms with Crippen LogP contribution in [0, 0.1) is 23.2 Å². The van der Waals surface area contributed by atoms with Crippen molar-refractivity contribution >= 4 is 0 Å². The van der Waals surface area contributed by atoms with Gasteiger partial charge in [0.1, 0.15) is 0 Å². The Morgan fingerprint density at radius 3 is 1.82 bits per heavy atom. The molecule has 0 spiro atoms. The van der Waals surface area contributed by atoms with Gasteiger partial charge in [0.05, 0.1) is 0 Å². The second-order valence-electron chi connectivity index (χ2n) is 4.56. The Labute approximate surface area is 71.4 Å². The van der Waals surface area contributed by atoms with E-state index in [1.807, 2.05) is 13.8 Å². The van der Waals surface area contributed by atoms with Crippen LogP contribution in [0.1, 0.15) is 47.5 Å². The maximum absolute atomic E-state index is 2.44. The van der Waals surface area contributed by atoms with E-state index in [1.54, 1.807) is 0 Å². The Kier molecular flexibility index (Phi) is 2.32. The minimum atomic E-state index is 0.685. The molecule has 2 fully saturated rings. The lowest BCUT2D eigenvalue weighted by Crippen LogP contribution is -2.18. The molecule has 0 bridgehead atoms. The highest BCUT2D eigenvalue weighted by Gasteiger charge is 2.56. The Balaban J connectivity index is 0.000000281. The van der Waals surface area contributed by atoms with Crippen molar-refractivity contribution in [2.75, 3.05) is 0 Å². The largest absolute Gasteiger partial charge is 0.0683 e. The van der Waals surface area contributed by atoms with Gasteiger partial charge in [-0.05, 0) is 36.0 Å². The normalized spacial score (nSPS) is 43.9. The van der Waals surface area contributed by atoms with Crippen LogP contribution in [0.4, 0.5) is 0 Å². The summed E-state index contributed by atoms with van der Waals surface area (Å²) in [5.41, 5.74) is 0.685. The molecule has 0 saturated heterocycles. The van der Waals surface area contributed by atoms with Gasteiger partial charge in [0.15, 0.2) is 0 Å². The number of hydrogen-bond donors (Lipinski definition) is 0. The van der Waals surface area contributed by atoms with E-state index in [0.717, 1.165) is 17.8 Å². The molecule has 2 aliphatic rings. The zero-order valence-corrected chi connectivity index (χ0v) is 8.65. The topological polar surface area (TPSA) is 0 Å². The van der Waals surface area contributed by atoms with Crippen LogP contribution in [-0.4, -0.2) is 0 Å². The molecule has 0 aromatic heterocycles.